The van der Waals surface area contributed by atoms with Crippen molar-refractivity contribution in [2.24, 2.45) is 0 Å². The Balaban J connectivity index is 0.000000178. The minimum absolute atomic E-state index is 0.0417. The van der Waals surface area contributed by atoms with Gasteiger partial charge < -0.3 is 10.5 Å². The average Bonchev–Trinajstić information content (AvgIpc) is 3.87. The third-order valence-corrected chi connectivity index (χ3v) is 10.7. The number of anilines is 1. The van der Waals surface area contributed by atoms with E-state index in [1.807, 2.05) is 108 Å². The number of methoxy groups -OCH3 is 1. The lowest BCUT2D eigenvalue weighted by molar-refractivity contribution is 0.0599. The van der Waals surface area contributed by atoms with Crippen molar-refractivity contribution in [2.45, 2.75) is 38.3 Å². The van der Waals surface area contributed by atoms with E-state index in [9.17, 15) is 14.4 Å². The Labute approximate surface area is 291 Å². The predicted octanol–water partition coefficient (Wildman–Crippen LogP) is 8.06. The van der Waals surface area contributed by atoms with Crippen LogP contribution in [0.25, 0.3) is 20.4 Å². The zero-order valence-electron chi connectivity index (χ0n) is 27.0. The fourth-order valence-corrected chi connectivity index (χ4v) is 7.97. The molecule has 0 bridgehead atoms. The van der Waals surface area contributed by atoms with E-state index in [2.05, 4.69) is 12.1 Å². The van der Waals surface area contributed by atoms with Gasteiger partial charge in [0.2, 0.25) is 0 Å². The van der Waals surface area contributed by atoms with Crippen molar-refractivity contribution in [1.29, 1.82) is 0 Å². The lowest BCUT2D eigenvalue weighted by Crippen LogP contribution is -2.13. The van der Waals surface area contributed by atoms with Crippen molar-refractivity contribution in [2.75, 3.05) is 12.8 Å². The van der Waals surface area contributed by atoms with Crippen molar-refractivity contribution in [1.82, 2.24) is 9.13 Å². The fraction of sp³-hybridized carbons (Fsp3) is 0.175. The Morgan fingerprint density at radius 3 is 1.86 bits per heavy atom. The highest BCUT2D eigenvalue weighted by molar-refractivity contribution is 7.16. The van der Waals surface area contributed by atoms with Crippen molar-refractivity contribution in [3.63, 3.8) is 0 Å². The van der Waals surface area contributed by atoms with Crippen molar-refractivity contribution < 1.29 is 9.53 Å². The summed E-state index contributed by atoms with van der Waals surface area (Å²) in [7, 11) is 1.43. The van der Waals surface area contributed by atoms with E-state index in [4.69, 9.17) is 10.5 Å². The number of hydrogen-bond acceptors (Lipinski definition) is 7. The molecule has 246 valence electrons. The van der Waals surface area contributed by atoms with Crippen LogP contribution in [0.2, 0.25) is 0 Å². The van der Waals surface area contributed by atoms with Gasteiger partial charge in [-0.25, -0.2) is 4.79 Å². The lowest BCUT2D eigenvalue weighted by Gasteiger charge is -2.11. The normalized spacial score (nSPS) is 12.5. The number of carbonyl (C=O) groups is 1. The topological polar surface area (TPSA) is 96.3 Å². The molecule has 1 aliphatic rings. The summed E-state index contributed by atoms with van der Waals surface area (Å²) in [6, 6.07) is 37.9. The maximum atomic E-state index is 12.6. The monoisotopic (exact) mass is 685 g/mol. The molecule has 7 nitrogen and oxygen atoms in total. The van der Waals surface area contributed by atoms with Gasteiger partial charge in [0.15, 0.2) is 0 Å². The first-order valence-corrected chi connectivity index (χ1v) is 17.8. The molecule has 0 radical (unpaired) electrons. The average molecular weight is 686 g/mol. The highest BCUT2D eigenvalue weighted by Gasteiger charge is 2.25. The van der Waals surface area contributed by atoms with Crippen molar-refractivity contribution in [3.8, 4) is 0 Å². The number of nitrogen functional groups attached to an aromatic ring is 1. The number of hydrogen-bond donors (Lipinski definition) is 1. The van der Waals surface area contributed by atoms with Gasteiger partial charge in [-0.1, -0.05) is 102 Å². The van der Waals surface area contributed by atoms with Gasteiger partial charge in [0, 0.05) is 5.69 Å². The van der Waals surface area contributed by atoms with E-state index in [0.717, 1.165) is 42.7 Å². The van der Waals surface area contributed by atoms with Crippen LogP contribution in [0.1, 0.15) is 56.9 Å². The Bertz CT molecular complexity index is 2390. The van der Waals surface area contributed by atoms with E-state index in [-0.39, 0.29) is 15.7 Å². The third kappa shape index (κ3) is 7.28. The Morgan fingerprint density at radius 2 is 1.29 bits per heavy atom. The highest BCUT2D eigenvalue weighted by atomic mass is 32.1. The second kappa shape index (κ2) is 14.1. The standard InChI is InChI=1S/C26H23NO3S.C14H12N2OS/c1-30-25(28)22-15-20(19-8-9-19)10-11-21(22)13-18-7-12-23-24(14-18)31-26(29)27(23)16-17-5-3-2-4-6-17;15-11-6-7-12-13(8-11)18-14(17)16(12)9-10-4-2-1-3-5-10/h2-7,10-12,14-15,19H,8-9,13,16H2,1H3;1-8H,9,15H2. The number of fused-ring (bicyclic) bond motifs is 2. The molecule has 1 saturated carbocycles. The molecule has 8 rings (SSSR count). The van der Waals surface area contributed by atoms with Gasteiger partial charge in [-0.3, -0.25) is 18.7 Å². The number of carbonyl (C=O) groups excluding carboxylic acids is 1. The SMILES string of the molecule is COC(=O)c1cc(C2CC2)ccc1Cc1ccc2c(c1)sc(=O)n2Cc1ccccc1.Nc1ccc2c(c1)sc(=O)n2Cc1ccccc1. The number of aromatic nitrogens is 2. The number of rotatable bonds is 8. The zero-order valence-corrected chi connectivity index (χ0v) is 28.6. The molecule has 1 aliphatic carbocycles. The molecule has 0 amide bonds. The quantitative estimate of drug-likeness (QED) is 0.129. The molecule has 0 spiro atoms. The van der Waals surface area contributed by atoms with E-state index in [1.165, 1.54) is 48.2 Å². The van der Waals surface area contributed by atoms with Crippen LogP contribution in [0.5, 0.6) is 0 Å². The van der Waals surface area contributed by atoms with E-state index < -0.39 is 0 Å². The van der Waals surface area contributed by atoms with Gasteiger partial charge in [0.1, 0.15) is 0 Å². The first-order chi connectivity index (χ1) is 23.9. The number of nitrogens with two attached hydrogens (primary N) is 1. The second-order valence-corrected chi connectivity index (χ2v) is 14.3. The van der Waals surface area contributed by atoms with Crippen LogP contribution in [0.4, 0.5) is 5.69 Å². The molecule has 0 saturated heterocycles. The summed E-state index contributed by atoms with van der Waals surface area (Å²) in [5, 5.41) is 0. The molecule has 9 heteroatoms. The minimum atomic E-state index is -0.294. The number of thiazole rings is 2. The van der Waals surface area contributed by atoms with Gasteiger partial charge in [-0.05, 0) is 89.4 Å². The summed E-state index contributed by atoms with van der Waals surface area (Å²) in [4.78, 5) is 37.1. The first kappa shape index (κ1) is 32.3. The van der Waals surface area contributed by atoms with Crippen LogP contribution >= 0.6 is 22.7 Å². The molecule has 2 aromatic heterocycles. The number of ether oxygens (including phenoxy) is 1. The van der Waals surface area contributed by atoms with Gasteiger partial charge >= 0.3 is 15.7 Å². The smallest absolute Gasteiger partial charge is 0.338 e. The molecule has 7 aromatic rings. The predicted molar refractivity (Wildman–Crippen MR) is 200 cm³/mol. The highest BCUT2D eigenvalue weighted by Crippen LogP contribution is 2.40. The second-order valence-electron chi connectivity index (χ2n) is 12.3. The van der Waals surface area contributed by atoms with Crippen molar-refractivity contribution in [3.05, 3.63) is 168 Å². The van der Waals surface area contributed by atoms with Crippen molar-refractivity contribution >= 4 is 54.8 Å². The van der Waals surface area contributed by atoms with Gasteiger partial charge in [0.25, 0.3) is 0 Å². The fourth-order valence-electron chi connectivity index (χ4n) is 6.07. The molecule has 1 fully saturated rings. The molecule has 2 N–H and O–H groups in total. The first-order valence-electron chi connectivity index (χ1n) is 16.2. The van der Waals surface area contributed by atoms with Gasteiger partial charge in [-0.15, -0.1) is 0 Å². The molecule has 49 heavy (non-hydrogen) atoms. The zero-order chi connectivity index (χ0) is 33.9. The summed E-state index contributed by atoms with van der Waals surface area (Å²) in [5.74, 6) is 0.285. The van der Waals surface area contributed by atoms with Crippen LogP contribution in [0.3, 0.4) is 0 Å². The Kier molecular flexibility index (Phi) is 9.28. The lowest BCUT2D eigenvalue weighted by atomic mass is 9.96. The third-order valence-electron chi connectivity index (χ3n) is 8.77. The molecule has 2 heterocycles. The summed E-state index contributed by atoms with van der Waals surface area (Å²) in [6.45, 7) is 1.16. The van der Waals surface area contributed by atoms with E-state index >= 15 is 0 Å². The van der Waals surface area contributed by atoms with Gasteiger partial charge in [-0.2, -0.15) is 0 Å². The van der Waals surface area contributed by atoms with E-state index in [1.54, 1.807) is 4.57 Å². The van der Waals surface area contributed by atoms with E-state index in [0.29, 0.717) is 36.7 Å². The van der Waals surface area contributed by atoms with Crippen LogP contribution in [0.15, 0.2) is 125 Å². The van der Waals surface area contributed by atoms with Crippen LogP contribution in [0, 0.1) is 0 Å². The van der Waals surface area contributed by atoms with Crippen LogP contribution in [-0.2, 0) is 24.2 Å². The molecule has 0 aliphatic heterocycles. The van der Waals surface area contributed by atoms with Gasteiger partial charge in [0.05, 0.1) is 46.2 Å². The minimum Gasteiger partial charge on any atom is -0.465 e. The number of benzene rings is 5. The Morgan fingerprint density at radius 1 is 0.714 bits per heavy atom. The Hall–Kier alpha value is -5.25. The maximum absolute atomic E-state index is 12.6. The molecular formula is C40H35N3O4S2. The molecule has 0 unspecified atom stereocenters. The summed E-state index contributed by atoms with van der Waals surface area (Å²) in [6.07, 6.45) is 3.00. The molecule has 5 aromatic carbocycles. The summed E-state index contributed by atoms with van der Waals surface area (Å²) in [5.41, 5.74) is 14.4. The largest absolute Gasteiger partial charge is 0.465 e. The molecular weight excluding hydrogens is 651 g/mol. The maximum Gasteiger partial charge on any atom is 0.338 e. The molecule has 0 atom stereocenters. The van der Waals surface area contributed by atoms with Crippen LogP contribution in [-0.4, -0.2) is 22.2 Å². The number of esters is 1. The number of nitrogens with zero attached hydrogens (tertiary/aromatic N) is 2. The summed E-state index contributed by atoms with van der Waals surface area (Å²) >= 11 is 2.51. The van der Waals surface area contributed by atoms with Crippen LogP contribution < -0.4 is 15.5 Å². The summed E-state index contributed by atoms with van der Waals surface area (Å²) < 4.78 is 10.5.